The van der Waals surface area contributed by atoms with Crippen molar-refractivity contribution in [1.29, 1.82) is 0 Å². The van der Waals surface area contributed by atoms with Gasteiger partial charge in [0.05, 0.1) is 18.8 Å². The molecule has 0 aliphatic heterocycles. The number of benzene rings is 1. The van der Waals surface area contributed by atoms with Crippen molar-refractivity contribution in [2.24, 2.45) is 0 Å². The van der Waals surface area contributed by atoms with Gasteiger partial charge in [-0.25, -0.2) is 0 Å². The van der Waals surface area contributed by atoms with Gasteiger partial charge in [0.15, 0.2) is 0 Å². The van der Waals surface area contributed by atoms with E-state index < -0.39 is 0 Å². The fraction of sp³-hybridized carbons (Fsp3) is 0.611. The van der Waals surface area contributed by atoms with E-state index >= 15 is 0 Å². The maximum Gasteiger partial charge on any atom is 0.308 e. The van der Waals surface area contributed by atoms with Crippen molar-refractivity contribution in [2.45, 2.75) is 59.2 Å². The molecule has 1 aromatic rings. The molecule has 0 aliphatic rings. The minimum absolute atomic E-state index is 0.147. The zero-order chi connectivity index (χ0) is 16.4. The van der Waals surface area contributed by atoms with E-state index in [0.717, 1.165) is 25.9 Å². The number of esters is 1. The summed E-state index contributed by atoms with van der Waals surface area (Å²) in [7, 11) is 0. The SMILES string of the molecule is CC(=O)Oc1ccc(CCCCOCC(C)OC(C)C)cc1. The fourth-order valence-electron chi connectivity index (χ4n) is 2.18. The van der Waals surface area contributed by atoms with Gasteiger partial charge in [-0.05, 0) is 57.7 Å². The second-order valence-electron chi connectivity index (χ2n) is 5.77. The first-order valence-corrected chi connectivity index (χ1v) is 7.98. The van der Waals surface area contributed by atoms with Crippen molar-refractivity contribution in [3.63, 3.8) is 0 Å². The van der Waals surface area contributed by atoms with E-state index in [1.807, 2.05) is 45.0 Å². The molecule has 0 radical (unpaired) electrons. The van der Waals surface area contributed by atoms with Gasteiger partial charge in [-0.2, -0.15) is 0 Å². The minimum Gasteiger partial charge on any atom is -0.427 e. The van der Waals surface area contributed by atoms with Gasteiger partial charge in [-0.15, -0.1) is 0 Å². The van der Waals surface area contributed by atoms with Crippen LogP contribution in [-0.2, 0) is 20.7 Å². The van der Waals surface area contributed by atoms with Gasteiger partial charge in [-0.3, -0.25) is 4.79 Å². The van der Waals surface area contributed by atoms with Gasteiger partial charge in [0.1, 0.15) is 5.75 Å². The number of carbonyl (C=O) groups excluding carboxylic acids is 1. The van der Waals surface area contributed by atoms with Crippen molar-refractivity contribution < 1.29 is 19.0 Å². The van der Waals surface area contributed by atoms with Crippen molar-refractivity contribution in [3.05, 3.63) is 29.8 Å². The number of aryl methyl sites for hydroxylation is 1. The first-order chi connectivity index (χ1) is 10.5. The Balaban J connectivity index is 2.10. The summed E-state index contributed by atoms with van der Waals surface area (Å²) in [6.45, 7) is 8.91. The summed E-state index contributed by atoms with van der Waals surface area (Å²) in [6, 6.07) is 7.66. The molecule has 0 aliphatic carbocycles. The average Bonchev–Trinajstić information content (AvgIpc) is 2.43. The number of unbranched alkanes of at least 4 members (excludes halogenated alkanes) is 1. The standard InChI is InChI=1S/C18H28O4/c1-14(2)21-15(3)13-20-12-6-5-7-17-8-10-18(11-9-17)22-16(4)19/h8-11,14-15H,5-7,12-13H2,1-4H3. The molecule has 0 aromatic heterocycles. The van der Waals surface area contributed by atoms with Crippen LogP contribution in [0.5, 0.6) is 5.75 Å². The third-order valence-electron chi connectivity index (χ3n) is 3.05. The summed E-state index contributed by atoms with van der Waals surface area (Å²) in [6.07, 6.45) is 3.50. The molecule has 0 saturated heterocycles. The van der Waals surface area contributed by atoms with Crippen LogP contribution in [0.15, 0.2) is 24.3 Å². The molecule has 0 spiro atoms. The van der Waals surface area contributed by atoms with Crippen LogP contribution in [-0.4, -0.2) is 31.4 Å². The van der Waals surface area contributed by atoms with Crippen LogP contribution < -0.4 is 4.74 Å². The molecule has 4 heteroatoms. The molecule has 1 atom stereocenters. The number of carbonyl (C=O) groups is 1. The Morgan fingerprint density at radius 2 is 1.77 bits per heavy atom. The highest BCUT2D eigenvalue weighted by Crippen LogP contribution is 2.14. The Bertz CT molecular complexity index is 425. The number of hydrogen-bond donors (Lipinski definition) is 0. The maximum absolute atomic E-state index is 10.8. The third kappa shape index (κ3) is 8.80. The maximum atomic E-state index is 10.8. The van der Waals surface area contributed by atoms with Crippen molar-refractivity contribution in [2.75, 3.05) is 13.2 Å². The highest BCUT2D eigenvalue weighted by atomic mass is 16.5. The summed E-state index contributed by atoms with van der Waals surface area (Å²) >= 11 is 0. The summed E-state index contributed by atoms with van der Waals surface area (Å²) < 4.78 is 16.2. The molecule has 0 bridgehead atoms. The minimum atomic E-state index is -0.291. The van der Waals surface area contributed by atoms with E-state index in [2.05, 4.69) is 0 Å². The quantitative estimate of drug-likeness (QED) is 0.375. The molecular formula is C18H28O4. The van der Waals surface area contributed by atoms with Gasteiger partial charge < -0.3 is 14.2 Å². The lowest BCUT2D eigenvalue weighted by molar-refractivity contribution is -0.131. The number of rotatable bonds is 10. The first-order valence-electron chi connectivity index (χ1n) is 7.98. The molecule has 4 nitrogen and oxygen atoms in total. The Kier molecular flexibility index (Phi) is 8.78. The van der Waals surface area contributed by atoms with E-state index in [4.69, 9.17) is 14.2 Å². The second kappa shape index (κ2) is 10.4. The molecule has 0 fully saturated rings. The van der Waals surface area contributed by atoms with Crippen LogP contribution in [0.1, 0.15) is 46.1 Å². The summed E-state index contributed by atoms with van der Waals surface area (Å²) in [5.74, 6) is 0.305. The van der Waals surface area contributed by atoms with Crippen LogP contribution in [0.2, 0.25) is 0 Å². The van der Waals surface area contributed by atoms with Crippen LogP contribution >= 0.6 is 0 Å². The molecule has 22 heavy (non-hydrogen) atoms. The van der Waals surface area contributed by atoms with Crippen molar-refractivity contribution in [3.8, 4) is 5.75 Å². The Hall–Kier alpha value is -1.39. The molecule has 124 valence electrons. The number of ether oxygens (including phenoxy) is 3. The van der Waals surface area contributed by atoms with Gasteiger partial charge in [-0.1, -0.05) is 12.1 Å². The Morgan fingerprint density at radius 1 is 1.09 bits per heavy atom. The molecule has 1 unspecified atom stereocenters. The molecule has 0 heterocycles. The molecule has 1 aromatic carbocycles. The largest absolute Gasteiger partial charge is 0.427 e. The van der Waals surface area contributed by atoms with Gasteiger partial charge in [0.25, 0.3) is 0 Å². The molecule has 1 rings (SSSR count). The average molecular weight is 308 g/mol. The third-order valence-corrected chi connectivity index (χ3v) is 3.05. The lowest BCUT2D eigenvalue weighted by Crippen LogP contribution is -2.20. The zero-order valence-electron chi connectivity index (χ0n) is 14.1. The Labute approximate surface area is 133 Å². The summed E-state index contributed by atoms with van der Waals surface area (Å²) in [5.41, 5.74) is 1.24. The lowest BCUT2D eigenvalue weighted by atomic mass is 10.1. The lowest BCUT2D eigenvalue weighted by Gasteiger charge is -2.16. The van der Waals surface area contributed by atoms with E-state index in [9.17, 15) is 4.79 Å². The van der Waals surface area contributed by atoms with Crippen molar-refractivity contribution in [1.82, 2.24) is 0 Å². The first kappa shape index (κ1) is 18.7. The number of hydrogen-bond acceptors (Lipinski definition) is 4. The van der Waals surface area contributed by atoms with E-state index in [1.54, 1.807) is 0 Å². The van der Waals surface area contributed by atoms with Crippen LogP contribution in [0.4, 0.5) is 0 Å². The van der Waals surface area contributed by atoms with Crippen molar-refractivity contribution >= 4 is 5.97 Å². The molecule has 0 saturated carbocycles. The summed E-state index contributed by atoms with van der Waals surface area (Å²) in [4.78, 5) is 10.8. The van der Waals surface area contributed by atoms with Crippen LogP contribution in [0, 0.1) is 0 Å². The van der Waals surface area contributed by atoms with E-state index in [0.29, 0.717) is 12.4 Å². The molecular weight excluding hydrogens is 280 g/mol. The van der Waals surface area contributed by atoms with Gasteiger partial charge in [0, 0.05) is 13.5 Å². The smallest absolute Gasteiger partial charge is 0.308 e. The topological polar surface area (TPSA) is 44.8 Å². The van der Waals surface area contributed by atoms with Gasteiger partial charge >= 0.3 is 5.97 Å². The monoisotopic (exact) mass is 308 g/mol. The Morgan fingerprint density at radius 3 is 2.36 bits per heavy atom. The second-order valence-corrected chi connectivity index (χ2v) is 5.77. The van der Waals surface area contributed by atoms with E-state index in [-0.39, 0.29) is 18.2 Å². The zero-order valence-corrected chi connectivity index (χ0v) is 14.1. The molecule has 0 amide bonds. The predicted octanol–water partition coefficient (Wildman–Crippen LogP) is 3.76. The fourth-order valence-corrected chi connectivity index (χ4v) is 2.18. The normalized spacial score (nSPS) is 12.4. The highest BCUT2D eigenvalue weighted by Gasteiger charge is 2.04. The highest BCUT2D eigenvalue weighted by molar-refractivity contribution is 5.69. The summed E-state index contributed by atoms with van der Waals surface area (Å²) in [5, 5.41) is 0. The molecule has 0 N–H and O–H groups in total. The van der Waals surface area contributed by atoms with E-state index in [1.165, 1.54) is 12.5 Å². The van der Waals surface area contributed by atoms with Gasteiger partial charge in [0.2, 0.25) is 0 Å². The predicted molar refractivity (Wildman–Crippen MR) is 87.2 cm³/mol. The van der Waals surface area contributed by atoms with Crippen LogP contribution in [0.3, 0.4) is 0 Å². The van der Waals surface area contributed by atoms with Crippen LogP contribution in [0.25, 0.3) is 0 Å².